The average Bonchev–Trinajstić information content (AvgIpc) is 2.28. The van der Waals surface area contributed by atoms with Crippen LogP contribution in [0.15, 0.2) is 23.1 Å². The van der Waals surface area contributed by atoms with E-state index in [2.05, 4.69) is 5.32 Å². The number of rotatable bonds is 2. The summed E-state index contributed by atoms with van der Waals surface area (Å²) in [4.78, 5) is 13.9. The molecular weight excluding hydrogens is 212 g/mol. The molecule has 1 aromatic carbocycles. The molecular formula is C10H12N2O2S. The van der Waals surface area contributed by atoms with Gasteiger partial charge in [-0.25, -0.2) is 0 Å². The highest BCUT2D eigenvalue weighted by Gasteiger charge is 2.23. The van der Waals surface area contributed by atoms with Gasteiger partial charge in [0.05, 0.1) is 11.4 Å². The highest BCUT2D eigenvalue weighted by molar-refractivity contribution is 8.00. The first-order valence-electron chi connectivity index (χ1n) is 4.62. The average molecular weight is 224 g/mol. The SMILES string of the molecule is CNc1ccc2c(c1)N(CO)C(=O)CS2. The van der Waals surface area contributed by atoms with Gasteiger partial charge in [0, 0.05) is 17.6 Å². The van der Waals surface area contributed by atoms with Crippen LogP contribution in [0, 0.1) is 0 Å². The van der Waals surface area contributed by atoms with E-state index in [-0.39, 0.29) is 12.6 Å². The van der Waals surface area contributed by atoms with E-state index in [4.69, 9.17) is 5.11 Å². The van der Waals surface area contributed by atoms with Crippen LogP contribution in [0.3, 0.4) is 0 Å². The molecule has 0 unspecified atom stereocenters. The molecule has 2 N–H and O–H groups in total. The lowest BCUT2D eigenvalue weighted by atomic mass is 10.2. The maximum absolute atomic E-state index is 11.5. The summed E-state index contributed by atoms with van der Waals surface area (Å²) in [6.45, 7) is -0.264. The molecule has 1 amide bonds. The molecule has 1 aliphatic rings. The van der Waals surface area contributed by atoms with Crippen molar-refractivity contribution in [1.82, 2.24) is 0 Å². The lowest BCUT2D eigenvalue weighted by molar-refractivity contribution is -0.117. The van der Waals surface area contributed by atoms with Gasteiger partial charge in [-0.15, -0.1) is 11.8 Å². The van der Waals surface area contributed by atoms with Gasteiger partial charge in [0.25, 0.3) is 0 Å². The van der Waals surface area contributed by atoms with Crippen molar-refractivity contribution in [3.05, 3.63) is 18.2 Å². The second-order valence-electron chi connectivity index (χ2n) is 3.18. The van der Waals surface area contributed by atoms with Gasteiger partial charge in [-0.2, -0.15) is 0 Å². The predicted octanol–water partition coefficient (Wildman–Crippen LogP) is 1.12. The van der Waals surface area contributed by atoms with Crippen LogP contribution in [0.4, 0.5) is 11.4 Å². The lowest BCUT2D eigenvalue weighted by Gasteiger charge is -2.27. The summed E-state index contributed by atoms with van der Waals surface area (Å²) in [5.74, 6) is 0.343. The van der Waals surface area contributed by atoms with Crippen LogP contribution >= 0.6 is 11.8 Å². The van der Waals surface area contributed by atoms with Crippen molar-refractivity contribution in [2.24, 2.45) is 0 Å². The van der Waals surface area contributed by atoms with Crippen LogP contribution in [0.25, 0.3) is 0 Å². The van der Waals surface area contributed by atoms with Gasteiger partial charge in [0.2, 0.25) is 5.91 Å². The Balaban J connectivity index is 2.45. The molecule has 0 saturated heterocycles. The molecule has 0 atom stereocenters. The summed E-state index contributed by atoms with van der Waals surface area (Å²) in [5.41, 5.74) is 1.72. The summed E-state index contributed by atoms with van der Waals surface area (Å²) in [6.07, 6.45) is 0. The third kappa shape index (κ3) is 1.80. The zero-order valence-corrected chi connectivity index (χ0v) is 9.17. The highest BCUT2D eigenvalue weighted by atomic mass is 32.2. The Hall–Kier alpha value is -1.20. The van der Waals surface area contributed by atoms with Crippen LogP contribution in [-0.2, 0) is 4.79 Å². The van der Waals surface area contributed by atoms with E-state index in [9.17, 15) is 4.79 Å². The van der Waals surface area contributed by atoms with Gasteiger partial charge < -0.3 is 10.4 Å². The number of carbonyl (C=O) groups excluding carboxylic acids is 1. The number of anilines is 2. The van der Waals surface area contributed by atoms with Gasteiger partial charge in [0.1, 0.15) is 6.73 Å². The fourth-order valence-corrected chi connectivity index (χ4v) is 2.43. The molecule has 1 heterocycles. The number of fused-ring (bicyclic) bond motifs is 1. The van der Waals surface area contributed by atoms with Crippen molar-refractivity contribution in [3.63, 3.8) is 0 Å². The number of hydrogen-bond donors (Lipinski definition) is 2. The minimum absolute atomic E-state index is 0.0525. The Morgan fingerprint density at radius 1 is 1.60 bits per heavy atom. The van der Waals surface area contributed by atoms with Gasteiger partial charge in [-0.1, -0.05) is 0 Å². The van der Waals surface area contributed by atoms with Crippen molar-refractivity contribution in [2.45, 2.75) is 4.90 Å². The first kappa shape index (κ1) is 10.3. The lowest BCUT2D eigenvalue weighted by Crippen LogP contribution is -2.36. The van der Waals surface area contributed by atoms with E-state index in [0.29, 0.717) is 5.75 Å². The van der Waals surface area contributed by atoms with Gasteiger partial charge in [-0.3, -0.25) is 9.69 Å². The number of benzene rings is 1. The van der Waals surface area contributed by atoms with Gasteiger partial charge in [0.15, 0.2) is 0 Å². The second-order valence-corrected chi connectivity index (χ2v) is 4.20. The summed E-state index contributed by atoms with van der Waals surface area (Å²) in [6, 6.07) is 5.79. The molecule has 0 fully saturated rings. The van der Waals surface area contributed by atoms with Crippen molar-refractivity contribution >= 4 is 29.0 Å². The van der Waals surface area contributed by atoms with E-state index in [0.717, 1.165) is 16.3 Å². The Morgan fingerprint density at radius 3 is 3.07 bits per heavy atom. The van der Waals surface area contributed by atoms with E-state index in [1.165, 1.54) is 16.7 Å². The number of thioether (sulfide) groups is 1. The Kier molecular flexibility index (Phi) is 2.83. The molecule has 80 valence electrons. The third-order valence-electron chi connectivity index (χ3n) is 2.33. The minimum atomic E-state index is -0.264. The molecule has 0 aliphatic carbocycles. The van der Waals surface area contributed by atoms with E-state index < -0.39 is 0 Å². The number of carbonyl (C=O) groups is 1. The van der Waals surface area contributed by atoms with Crippen molar-refractivity contribution < 1.29 is 9.90 Å². The molecule has 1 aliphatic heterocycles. The molecule has 0 bridgehead atoms. The smallest absolute Gasteiger partial charge is 0.239 e. The van der Waals surface area contributed by atoms with Crippen molar-refractivity contribution in [1.29, 1.82) is 0 Å². The molecule has 0 saturated carbocycles. The number of aliphatic hydroxyl groups excluding tert-OH is 1. The van der Waals surface area contributed by atoms with Gasteiger partial charge >= 0.3 is 0 Å². The largest absolute Gasteiger partial charge is 0.388 e. The van der Waals surface area contributed by atoms with Crippen LogP contribution < -0.4 is 10.2 Å². The Bertz CT molecular complexity index is 395. The molecule has 0 aromatic heterocycles. The topological polar surface area (TPSA) is 52.6 Å². The maximum atomic E-state index is 11.5. The Labute approximate surface area is 92.3 Å². The summed E-state index contributed by atoms with van der Waals surface area (Å²) >= 11 is 1.51. The van der Waals surface area contributed by atoms with E-state index in [1.807, 2.05) is 25.2 Å². The van der Waals surface area contributed by atoms with Crippen LogP contribution in [-0.4, -0.2) is 30.5 Å². The minimum Gasteiger partial charge on any atom is -0.388 e. The second kappa shape index (κ2) is 4.12. The first-order valence-corrected chi connectivity index (χ1v) is 5.60. The molecule has 4 nitrogen and oxygen atoms in total. The number of nitrogens with zero attached hydrogens (tertiary/aromatic N) is 1. The van der Waals surface area contributed by atoms with Crippen LogP contribution in [0.5, 0.6) is 0 Å². The normalized spacial score (nSPS) is 15.1. The monoisotopic (exact) mass is 224 g/mol. The predicted molar refractivity (Wildman–Crippen MR) is 61.3 cm³/mol. The van der Waals surface area contributed by atoms with E-state index in [1.54, 1.807) is 0 Å². The van der Waals surface area contributed by atoms with Crippen LogP contribution in [0.2, 0.25) is 0 Å². The summed E-state index contributed by atoms with van der Waals surface area (Å²) in [7, 11) is 1.82. The molecule has 0 spiro atoms. The number of aliphatic hydroxyl groups is 1. The summed E-state index contributed by atoms with van der Waals surface area (Å²) < 4.78 is 0. The molecule has 5 heteroatoms. The van der Waals surface area contributed by atoms with E-state index >= 15 is 0 Å². The van der Waals surface area contributed by atoms with Crippen molar-refractivity contribution in [2.75, 3.05) is 29.7 Å². The fourth-order valence-electron chi connectivity index (χ4n) is 1.51. The molecule has 1 aromatic rings. The standard InChI is InChI=1S/C10H12N2O2S/c1-11-7-2-3-9-8(4-7)12(6-13)10(14)5-15-9/h2-4,11,13H,5-6H2,1H3. The van der Waals surface area contributed by atoms with Gasteiger partial charge in [-0.05, 0) is 18.2 Å². The summed E-state index contributed by atoms with van der Waals surface area (Å²) in [5, 5.41) is 12.2. The highest BCUT2D eigenvalue weighted by Crippen LogP contribution is 2.36. The fraction of sp³-hybridized carbons (Fsp3) is 0.300. The molecule has 2 rings (SSSR count). The zero-order chi connectivity index (χ0) is 10.8. The number of amides is 1. The molecule has 0 radical (unpaired) electrons. The van der Waals surface area contributed by atoms with Crippen LogP contribution in [0.1, 0.15) is 0 Å². The zero-order valence-electron chi connectivity index (χ0n) is 8.36. The number of nitrogens with one attached hydrogen (secondary N) is 1. The number of hydrogen-bond acceptors (Lipinski definition) is 4. The quantitative estimate of drug-likeness (QED) is 0.790. The first-order chi connectivity index (χ1) is 7.26. The maximum Gasteiger partial charge on any atom is 0.239 e. The van der Waals surface area contributed by atoms with Crippen molar-refractivity contribution in [3.8, 4) is 0 Å². The molecule has 15 heavy (non-hydrogen) atoms. The Morgan fingerprint density at radius 2 is 2.40 bits per heavy atom. The third-order valence-corrected chi connectivity index (χ3v) is 3.38.